The summed E-state index contributed by atoms with van der Waals surface area (Å²) < 4.78 is 4.67. The maximum absolute atomic E-state index is 12.6. The summed E-state index contributed by atoms with van der Waals surface area (Å²) in [5, 5.41) is 0.738. The number of amides is 1. The van der Waals surface area contributed by atoms with Crippen molar-refractivity contribution in [2.75, 3.05) is 20.2 Å². The van der Waals surface area contributed by atoms with Crippen molar-refractivity contribution in [3.63, 3.8) is 0 Å². The second-order valence-corrected chi connectivity index (χ2v) is 6.74. The molecule has 1 fully saturated rings. The van der Waals surface area contributed by atoms with Gasteiger partial charge in [0, 0.05) is 23.7 Å². The van der Waals surface area contributed by atoms with Gasteiger partial charge in [-0.05, 0) is 60.7 Å². The Bertz CT molecular complexity index is 756. The van der Waals surface area contributed by atoms with Crippen LogP contribution in [0.5, 0.6) is 0 Å². The number of methoxy groups -OCH3 is 1. The lowest BCUT2D eigenvalue weighted by molar-refractivity contribution is 0.0600. The van der Waals surface area contributed by atoms with E-state index >= 15 is 0 Å². The molecule has 0 bridgehead atoms. The SMILES string of the molecule is COC(=O)c1ccc(C(=O)N2CCC(Cc3ccc(Cl)cc3)C2)cc1. The summed E-state index contributed by atoms with van der Waals surface area (Å²) in [6.07, 6.45) is 1.94. The molecule has 1 aliphatic rings. The number of halogens is 1. The smallest absolute Gasteiger partial charge is 0.337 e. The lowest BCUT2D eigenvalue weighted by atomic mass is 9.99. The van der Waals surface area contributed by atoms with E-state index in [1.807, 2.05) is 29.2 Å². The largest absolute Gasteiger partial charge is 0.465 e. The summed E-state index contributed by atoms with van der Waals surface area (Å²) in [5.74, 6) is 0.0673. The van der Waals surface area contributed by atoms with Crippen LogP contribution in [-0.2, 0) is 11.2 Å². The number of hydrogen-bond acceptors (Lipinski definition) is 3. The molecule has 2 aromatic carbocycles. The minimum Gasteiger partial charge on any atom is -0.465 e. The molecule has 1 heterocycles. The highest BCUT2D eigenvalue weighted by molar-refractivity contribution is 6.30. The summed E-state index contributed by atoms with van der Waals surface area (Å²) in [6.45, 7) is 1.51. The normalized spacial score (nSPS) is 16.7. The van der Waals surface area contributed by atoms with E-state index < -0.39 is 5.97 Å². The average Bonchev–Trinajstić information content (AvgIpc) is 3.11. The van der Waals surface area contributed by atoms with Gasteiger partial charge < -0.3 is 9.64 Å². The second kappa shape index (κ2) is 7.70. The third kappa shape index (κ3) is 4.20. The summed E-state index contributed by atoms with van der Waals surface area (Å²) in [6, 6.07) is 14.5. The first-order valence-corrected chi connectivity index (χ1v) is 8.66. The van der Waals surface area contributed by atoms with Crippen LogP contribution in [0.1, 0.15) is 32.7 Å². The minimum atomic E-state index is -0.400. The van der Waals surface area contributed by atoms with Gasteiger partial charge in [-0.25, -0.2) is 4.79 Å². The van der Waals surface area contributed by atoms with Crippen molar-refractivity contribution in [1.82, 2.24) is 4.90 Å². The molecule has 0 N–H and O–H groups in total. The first kappa shape index (κ1) is 17.5. The Kier molecular flexibility index (Phi) is 5.39. The predicted molar refractivity (Wildman–Crippen MR) is 96.9 cm³/mol. The Morgan fingerprint density at radius 3 is 2.36 bits per heavy atom. The van der Waals surface area contributed by atoms with Crippen LogP contribution in [0, 0.1) is 5.92 Å². The Hall–Kier alpha value is -2.33. The van der Waals surface area contributed by atoms with Crippen LogP contribution >= 0.6 is 11.6 Å². The van der Waals surface area contributed by atoms with E-state index in [9.17, 15) is 9.59 Å². The second-order valence-electron chi connectivity index (χ2n) is 6.31. The van der Waals surface area contributed by atoms with E-state index in [1.54, 1.807) is 24.3 Å². The highest BCUT2D eigenvalue weighted by Crippen LogP contribution is 2.23. The van der Waals surface area contributed by atoms with Gasteiger partial charge in [-0.2, -0.15) is 0 Å². The molecule has 25 heavy (non-hydrogen) atoms. The first-order chi connectivity index (χ1) is 12.1. The molecule has 5 heteroatoms. The number of nitrogens with zero attached hydrogens (tertiary/aromatic N) is 1. The Morgan fingerprint density at radius 2 is 1.72 bits per heavy atom. The number of carbonyl (C=O) groups is 2. The fourth-order valence-electron chi connectivity index (χ4n) is 3.19. The van der Waals surface area contributed by atoms with Crippen molar-refractivity contribution in [3.8, 4) is 0 Å². The molecule has 2 aromatic rings. The van der Waals surface area contributed by atoms with Crippen molar-refractivity contribution >= 4 is 23.5 Å². The Morgan fingerprint density at radius 1 is 1.08 bits per heavy atom. The molecule has 1 aliphatic heterocycles. The molecule has 1 atom stereocenters. The van der Waals surface area contributed by atoms with Crippen molar-refractivity contribution in [2.24, 2.45) is 5.92 Å². The zero-order valence-electron chi connectivity index (χ0n) is 14.1. The number of likely N-dealkylation sites (tertiary alicyclic amines) is 1. The molecule has 4 nitrogen and oxygen atoms in total. The number of esters is 1. The molecular weight excluding hydrogens is 338 g/mol. The van der Waals surface area contributed by atoms with Crippen LogP contribution in [0.4, 0.5) is 0 Å². The molecule has 0 aliphatic carbocycles. The number of ether oxygens (including phenoxy) is 1. The van der Waals surface area contributed by atoms with Gasteiger partial charge in [0.1, 0.15) is 0 Å². The van der Waals surface area contributed by atoms with Crippen LogP contribution in [0.15, 0.2) is 48.5 Å². The number of rotatable bonds is 4. The standard InChI is InChI=1S/C20H20ClNO3/c1-25-20(24)17-6-4-16(5-7-17)19(23)22-11-10-15(13-22)12-14-2-8-18(21)9-3-14/h2-9,15H,10-13H2,1H3. The van der Waals surface area contributed by atoms with Gasteiger partial charge in [-0.15, -0.1) is 0 Å². The number of benzene rings is 2. The highest BCUT2D eigenvalue weighted by atomic mass is 35.5. The van der Waals surface area contributed by atoms with Crippen molar-refractivity contribution in [1.29, 1.82) is 0 Å². The predicted octanol–water partition coefficient (Wildman–Crippen LogP) is 3.83. The van der Waals surface area contributed by atoms with Crippen LogP contribution in [0.2, 0.25) is 5.02 Å². The molecular formula is C20H20ClNO3. The fraction of sp³-hybridized carbons (Fsp3) is 0.300. The van der Waals surface area contributed by atoms with Gasteiger partial charge in [0.05, 0.1) is 12.7 Å². The lowest BCUT2D eigenvalue weighted by Crippen LogP contribution is -2.29. The number of hydrogen-bond donors (Lipinski definition) is 0. The summed E-state index contributed by atoms with van der Waals surface area (Å²) in [4.78, 5) is 26.0. The van der Waals surface area contributed by atoms with Gasteiger partial charge >= 0.3 is 5.97 Å². The molecule has 130 valence electrons. The molecule has 1 unspecified atom stereocenters. The molecule has 0 radical (unpaired) electrons. The van der Waals surface area contributed by atoms with Crippen molar-refractivity contribution in [3.05, 3.63) is 70.2 Å². The zero-order valence-corrected chi connectivity index (χ0v) is 14.8. The minimum absolute atomic E-state index is 0.00928. The summed E-state index contributed by atoms with van der Waals surface area (Å²) >= 11 is 5.92. The van der Waals surface area contributed by atoms with Crippen molar-refractivity contribution in [2.45, 2.75) is 12.8 Å². The zero-order chi connectivity index (χ0) is 17.8. The first-order valence-electron chi connectivity index (χ1n) is 8.29. The average molecular weight is 358 g/mol. The Balaban J connectivity index is 1.60. The van der Waals surface area contributed by atoms with E-state index in [0.29, 0.717) is 17.0 Å². The topological polar surface area (TPSA) is 46.6 Å². The molecule has 0 spiro atoms. The van der Waals surface area contributed by atoms with Gasteiger partial charge in [0.25, 0.3) is 5.91 Å². The van der Waals surface area contributed by atoms with Crippen LogP contribution in [0.3, 0.4) is 0 Å². The van der Waals surface area contributed by atoms with Gasteiger partial charge in [0.2, 0.25) is 0 Å². The van der Waals surface area contributed by atoms with Crippen LogP contribution in [0.25, 0.3) is 0 Å². The van der Waals surface area contributed by atoms with Crippen molar-refractivity contribution < 1.29 is 14.3 Å². The van der Waals surface area contributed by atoms with E-state index in [-0.39, 0.29) is 5.91 Å². The van der Waals surface area contributed by atoms with E-state index in [0.717, 1.165) is 31.0 Å². The quantitative estimate of drug-likeness (QED) is 0.781. The third-order valence-corrected chi connectivity index (χ3v) is 4.82. The molecule has 0 saturated carbocycles. The monoisotopic (exact) mass is 357 g/mol. The molecule has 1 saturated heterocycles. The van der Waals surface area contributed by atoms with E-state index in [2.05, 4.69) is 4.74 Å². The fourth-order valence-corrected chi connectivity index (χ4v) is 3.31. The van der Waals surface area contributed by atoms with E-state index in [1.165, 1.54) is 12.7 Å². The van der Waals surface area contributed by atoms with Gasteiger partial charge in [-0.3, -0.25) is 4.79 Å². The molecule has 0 aromatic heterocycles. The van der Waals surface area contributed by atoms with Crippen LogP contribution in [-0.4, -0.2) is 37.0 Å². The molecule has 1 amide bonds. The highest BCUT2D eigenvalue weighted by Gasteiger charge is 2.27. The lowest BCUT2D eigenvalue weighted by Gasteiger charge is -2.17. The number of carbonyl (C=O) groups excluding carboxylic acids is 2. The van der Waals surface area contributed by atoms with Gasteiger partial charge in [-0.1, -0.05) is 23.7 Å². The molecule has 3 rings (SSSR count). The van der Waals surface area contributed by atoms with Gasteiger partial charge in [0.15, 0.2) is 0 Å². The Labute approximate surface area is 152 Å². The summed E-state index contributed by atoms with van der Waals surface area (Å²) in [7, 11) is 1.34. The van der Waals surface area contributed by atoms with E-state index in [4.69, 9.17) is 11.6 Å². The third-order valence-electron chi connectivity index (χ3n) is 4.56. The summed E-state index contributed by atoms with van der Waals surface area (Å²) in [5.41, 5.74) is 2.28. The maximum atomic E-state index is 12.6. The maximum Gasteiger partial charge on any atom is 0.337 e. The van der Waals surface area contributed by atoms with Crippen LogP contribution < -0.4 is 0 Å².